The van der Waals surface area contributed by atoms with Crippen molar-refractivity contribution in [1.82, 2.24) is 20.5 Å². The number of piperidine rings is 1. The van der Waals surface area contributed by atoms with E-state index in [1.807, 2.05) is 25.1 Å². The van der Waals surface area contributed by atoms with Gasteiger partial charge < -0.3 is 20.4 Å². The summed E-state index contributed by atoms with van der Waals surface area (Å²) in [5, 5.41) is 7.81. The van der Waals surface area contributed by atoms with Crippen LogP contribution in [0.3, 0.4) is 0 Å². The third kappa shape index (κ3) is 7.78. The van der Waals surface area contributed by atoms with E-state index in [-0.39, 0.29) is 30.0 Å². The molecule has 1 fully saturated rings. The molecule has 8 heteroatoms. The molecule has 1 aromatic heterocycles. The molecular formula is C24H36ClIN6. The van der Waals surface area contributed by atoms with E-state index < -0.39 is 0 Å². The molecule has 0 aliphatic carbocycles. The lowest BCUT2D eigenvalue weighted by Gasteiger charge is -2.34. The van der Waals surface area contributed by atoms with Gasteiger partial charge in [0.05, 0.1) is 12.6 Å². The Hall–Kier alpha value is -1.58. The highest BCUT2D eigenvalue weighted by Gasteiger charge is 2.21. The Kier molecular flexibility index (Phi) is 11.0. The molecule has 3 rings (SSSR count). The van der Waals surface area contributed by atoms with Crippen LogP contribution in [0.15, 0.2) is 47.5 Å². The van der Waals surface area contributed by atoms with Crippen molar-refractivity contribution in [3.05, 3.63) is 58.7 Å². The van der Waals surface area contributed by atoms with Gasteiger partial charge in [0.2, 0.25) is 0 Å². The topological polar surface area (TPSA) is 55.8 Å². The monoisotopic (exact) mass is 570 g/mol. The summed E-state index contributed by atoms with van der Waals surface area (Å²) in [6.45, 7) is 7.66. The van der Waals surface area contributed by atoms with Crippen molar-refractivity contribution >= 4 is 47.4 Å². The molecule has 1 aliphatic heterocycles. The summed E-state index contributed by atoms with van der Waals surface area (Å²) in [5.41, 5.74) is 2.28. The molecule has 1 saturated heterocycles. The first-order valence-corrected chi connectivity index (χ1v) is 11.5. The molecule has 0 saturated carbocycles. The molecule has 1 atom stereocenters. The van der Waals surface area contributed by atoms with Gasteiger partial charge in [-0.05, 0) is 70.6 Å². The minimum absolute atomic E-state index is 0. The Balaban J connectivity index is 0.00000363. The quantitative estimate of drug-likeness (QED) is 0.292. The van der Waals surface area contributed by atoms with Crippen LogP contribution in [0.1, 0.15) is 37.1 Å². The van der Waals surface area contributed by atoms with Gasteiger partial charge in [-0.1, -0.05) is 29.8 Å². The molecule has 0 amide bonds. The number of pyridine rings is 1. The molecule has 2 heterocycles. The fraction of sp³-hybridized carbons (Fsp3) is 0.500. The first kappa shape index (κ1) is 26.7. The lowest BCUT2D eigenvalue weighted by molar-refractivity contribution is 0.306. The van der Waals surface area contributed by atoms with E-state index in [9.17, 15) is 0 Å². The van der Waals surface area contributed by atoms with Crippen LogP contribution >= 0.6 is 35.6 Å². The molecule has 1 aromatic carbocycles. The van der Waals surface area contributed by atoms with Crippen LogP contribution in [0.4, 0.5) is 5.82 Å². The molecule has 32 heavy (non-hydrogen) atoms. The standard InChI is InChI=1S/C24H35ClN6.HI/c1-5-26-24(27-17-22(30(3)4)19-9-11-20(25)12-10-19)29-21-13-15-31(16-14-21)23-8-6-7-18(2)28-23;/h6-12,21-22H,5,13-17H2,1-4H3,(H2,26,27,29);1H. The molecular weight excluding hydrogens is 535 g/mol. The zero-order chi connectivity index (χ0) is 22.2. The van der Waals surface area contributed by atoms with Gasteiger partial charge in [-0.3, -0.25) is 4.99 Å². The SMILES string of the molecule is CCNC(=NCC(c1ccc(Cl)cc1)N(C)C)NC1CCN(c2cccc(C)n2)CC1.I. The first-order chi connectivity index (χ1) is 15.0. The molecule has 1 unspecified atom stereocenters. The molecule has 2 N–H and O–H groups in total. The fourth-order valence-electron chi connectivity index (χ4n) is 3.90. The number of aryl methyl sites for hydroxylation is 1. The van der Waals surface area contributed by atoms with Crippen LogP contribution in [0.2, 0.25) is 5.02 Å². The maximum absolute atomic E-state index is 6.06. The van der Waals surface area contributed by atoms with Gasteiger partial charge in [-0.15, -0.1) is 24.0 Å². The van der Waals surface area contributed by atoms with E-state index in [1.165, 1.54) is 5.56 Å². The molecule has 0 radical (unpaired) electrons. The zero-order valence-electron chi connectivity index (χ0n) is 19.5. The molecule has 6 nitrogen and oxygen atoms in total. The van der Waals surface area contributed by atoms with Crippen molar-refractivity contribution in [3.63, 3.8) is 0 Å². The first-order valence-electron chi connectivity index (χ1n) is 11.1. The smallest absolute Gasteiger partial charge is 0.191 e. The number of halogens is 2. The van der Waals surface area contributed by atoms with Crippen LogP contribution in [0.25, 0.3) is 0 Å². The van der Waals surface area contributed by atoms with Crippen molar-refractivity contribution in [2.24, 2.45) is 4.99 Å². The summed E-state index contributed by atoms with van der Waals surface area (Å²) in [4.78, 5) is 14.1. The molecule has 0 spiro atoms. The highest BCUT2D eigenvalue weighted by atomic mass is 127. The van der Waals surface area contributed by atoms with Crippen molar-refractivity contribution in [2.45, 2.75) is 38.8 Å². The van der Waals surface area contributed by atoms with E-state index in [0.29, 0.717) is 12.6 Å². The van der Waals surface area contributed by atoms with Crippen LogP contribution in [-0.2, 0) is 0 Å². The van der Waals surface area contributed by atoms with Crippen molar-refractivity contribution in [1.29, 1.82) is 0 Å². The van der Waals surface area contributed by atoms with E-state index >= 15 is 0 Å². The summed E-state index contributed by atoms with van der Waals surface area (Å²) < 4.78 is 0. The van der Waals surface area contributed by atoms with Crippen LogP contribution in [0, 0.1) is 6.92 Å². The summed E-state index contributed by atoms with van der Waals surface area (Å²) in [5.74, 6) is 1.96. The summed E-state index contributed by atoms with van der Waals surface area (Å²) in [7, 11) is 4.17. The van der Waals surface area contributed by atoms with Gasteiger partial charge in [0.25, 0.3) is 0 Å². The second-order valence-electron chi connectivity index (χ2n) is 8.29. The lowest BCUT2D eigenvalue weighted by Crippen LogP contribution is -2.49. The molecule has 176 valence electrons. The predicted molar refractivity (Wildman–Crippen MR) is 147 cm³/mol. The van der Waals surface area contributed by atoms with Gasteiger partial charge in [0.1, 0.15) is 5.82 Å². The van der Waals surface area contributed by atoms with Gasteiger partial charge in [-0.2, -0.15) is 0 Å². The molecule has 1 aliphatic rings. The van der Waals surface area contributed by atoms with E-state index in [4.69, 9.17) is 16.6 Å². The minimum atomic E-state index is 0. The highest BCUT2D eigenvalue weighted by molar-refractivity contribution is 14.0. The number of hydrogen-bond acceptors (Lipinski definition) is 4. The average Bonchev–Trinajstić information content (AvgIpc) is 2.75. The number of guanidine groups is 1. The van der Waals surface area contributed by atoms with E-state index in [1.54, 1.807) is 0 Å². The second kappa shape index (κ2) is 13.2. The largest absolute Gasteiger partial charge is 0.357 e. The Bertz CT molecular complexity index is 850. The normalized spacial score (nSPS) is 15.9. The number of rotatable bonds is 7. The Morgan fingerprint density at radius 2 is 1.88 bits per heavy atom. The van der Waals surface area contributed by atoms with E-state index in [2.05, 4.69) is 70.7 Å². The number of benzene rings is 1. The van der Waals surface area contributed by atoms with Crippen LogP contribution < -0.4 is 15.5 Å². The van der Waals surface area contributed by atoms with Crippen molar-refractivity contribution in [3.8, 4) is 0 Å². The number of anilines is 1. The number of aromatic nitrogens is 1. The summed E-state index contributed by atoms with van der Waals surface area (Å²) in [6, 6.07) is 14.9. The summed E-state index contributed by atoms with van der Waals surface area (Å²) in [6.07, 6.45) is 2.13. The number of nitrogens with one attached hydrogen (secondary N) is 2. The third-order valence-corrected chi connectivity index (χ3v) is 5.93. The van der Waals surface area contributed by atoms with Gasteiger partial charge >= 0.3 is 0 Å². The van der Waals surface area contributed by atoms with E-state index in [0.717, 1.165) is 55.0 Å². The van der Waals surface area contributed by atoms with Crippen LogP contribution in [0.5, 0.6) is 0 Å². The Morgan fingerprint density at radius 1 is 1.19 bits per heavy atom. The zero-order valence-corrected chi connectivity index (χ0v) is 22.6. The fourth-order valence-corrected chi connectivity index (χ4v) is 4.03. The number of aliphatic imine (C=N–C) groups is 1. The second-order valence-corrected chi connectivity index (χ2v) is 8.73. The molecule has 0 bridgehead atoms. The highest BCUT2D eigenvalue weighted by Crippen LogP contribution is 2.21. The Labute approximate surface area is 214 Å². The van der Waals surface area contributed by atoms with Gasteiger partial charge in [-0.25, -0.2) is 4.98 Å². The predicted octanol–water partition coefficient (Wildman–Crippen LogP) is 4.49. The number of nitrogens with zero attached hydrogens (tertiary/aromatic N) is 4. The molecule has 2 aromatic rings. The summed E-state index contributed by atoms with van der Waals surface area (Å²) >= 11 is 6.06. The number of hydrogen-bond donors (Lipinski definition) is 2. The third-order valence-electron chi connectivity index (χ3n) is 5.68. The average molecular weight is 571 g/mol. The lowest BCUT2D eigenvalue weighted by atomic mass is 10.1. The maximum atomic E-state index is 6.06. The maximum Gasteiger partial charge on any atom is 0.191 e. The van der Waals surface area contributed by atoms with Crippen LogP contribution in [-0.4, -0.2) is 62.2 Å². The van der Waals surface area contributed by atoms with Crippen molar-refractivity contribution in [2.75, 3.05) is 45.2 Å². The minimum Gasteiger partial charge on any atom is -0.357 e. The van der Waals surface area contributed by atoms with Crippen molar-refractivity contribution < 1.29 is 0 Å². The van der Waals surface area contributed by atoms with Gasteiger partial charge in [0, 0.05) is 36.4 Å². The van der Waals surface area contributed by atoms with Gasteiger partial charge in [0.15, 0.2) is 5.96 Å². The number of likely N-dealkylation sites (N-methyl/N-ethyl adjacent to an activating group) is 1. The Morgan fingerprint density at radius 3 is 2.47 bits per heavy atom.